The normalized spacial score (nSPS) is 31.9. The number of carbonyl (C=O) groups excluding carboxylic acids is 2. The Morgan fingerprint density at radius 3 is 2.06 bits per heavy atom. The highest BCUT2D eigenvalue weighted by Crippen LogP contribution is 2.55. The Kier molecular flexibility index (Phi) is 2.62. The fraction of sp³-hybridized carbons (Fsp3) is 0.714. The number of allylic oxidation sites excluding steroid dienone is 2. The summed E-state index contributed by atoms with van der Waals surface area (Å²) >= 11 is 0. The van der Waals surface area contributed by atoms with Gasteiger partial charge in [0, 0.05) is 19.8 Å². The average molecular weight is 252 g/mol. The number of ether oxygens (including phenoxy) is 2. The first-order chi connectivity index (χ1) is 8.13. The fourth-order valence-electron chi connectivity index (χ4n) is 3.12. The molecule has 0 amide bonds. The third-order valence-corrected chi connectivity index (χ3v) is 4.12. The van der Waals surface area contributed by atoms with Crippen LogP contribution in [0.2, 0.25) is 0 Å². The molecular formula is C14H20O4. The molecule has 1 atom stereocenters. The van der Waals surface area contributed by atoms with Crippen LogP contribution in [-0.4, -0.2) is 17.7 Å². The van der Waals surface area contributed by atoms with Crippen molar-refractivity contribution in [2.45, 2.75) is 46.8 Å². The summed E-state index contributed by atoms with van der Waals surface area (Å²) in [6, 6.07) is 0. The fourth-order valence-corrected chi connectivity index (χ4v) is 3.12. The lowest BCUT2D eigenvalue weighted by molar-refractivity contribution is -0.264. The molecule has 100 valence electrons. The molecule has 1 heterocycles. The number of hydrogen-bond donors (Lipinski definition) is 0. The van der Waals surface area contributed by atoms with E-state index in [2.05, 4.69) is 0 Å². The van der Waals surface area contributed by atoms with E-state index in [1.807, 2.05) is 32.9 Å². The Bertz CT molecular complexity index is 411. The molecule has 0 aromatic rings. The predicted molar refractivity (Wildman–Crippen MR) is 65.4 cm³/mol. The van der Waals surface area contributed by atoms with Crippen LogP contribution in [0.15, 0.2) is 12.2 Å². The second-order valence-corrected chi connectivity index (χ2v) is 6.29. The van der Waals surface area contributed by atoms with Gasteiger partial charge in [-0.3, -0.25) is 9.59 Å². The molecule has 18 heavy (non-hydrogen) atoms. The molecule has 4 nitrogen and oxygen atoms in total. The molecule has 0 aromatic heterocycles. The lowest BCUT2D eigenvalue weighted by Crippen LogP contribution is -2.63. The SMILES string of the molecule is CC1C=CCC(C)(C)C12C(=O)OC(C)(C)OC2=O. The van der Waals surface area contributed by atoms with E-state index in [9.17, 15) is 9.59 Å². The minimum Gasteiger partial charge on any atom is -0.422 e. The van der Waals surface area contributed by atoms with Crippen molar-refractivity contribution in [2.75, 3.05) is 0 Å². The summed E-state index contributed by atoms with van der Waals surface area (Å²) in [7, 11) is 0. The maximum atomic E-state index is 12.5. The standard InChI is InChI=1S/C14H20O4/c1-9-7-6-8-12(2,3)14(9)10(15)17-13(4,5)18-11(14)16/h6-7,9H,8H2,1-5H3. The van der Waals surface area contributed by atoms with Gasteiger partial charge in [-0.15, -0.1) is 0 Å². The van der Waals surface area contributed by atoms with E-state index in [0.717, 1.165) is 0 Å². The molecule has 1 fully saturated rings. The van der Waals surface area contributed by atoms with Gasteiger partial charge in [-0.25, -0.2) is 0 Å². The minimum absolute atomic E-state index is 0.225. The highest BCUT2D eigenvalue weighted by atomic mass is 16.7. The highest BCUT2D eigenvalue weighted by molar-refractivity contribution is 6.03. The molecule has 1 aliphatic heterocycles. The predicted octanol–water partition coefficient (Wildman–Crippen LogP) is 2.43. The molecule has 1 saturated heterocycles. The van der Waals surface area contributed by atoms with E-state index in [1.54, 1.807) is 13.8 Å². The number of cyclic esters (lactones) is 2. The van der Waals surface area contributed by atoms with Crippen molar-refractivity contribution in [1.29, 1.82) is 0 Å². The average Bonchev–Trinajstić information content (AvgIpc) is 2.12. The molecule has 4 heteroatoms. The molecule has 0 N–H and O–H groups in total. The van der Waals surface area contributed by atoms with E-state index < -0.39 is 28.6 Å². The molecule has 2 aliphatic rings. The first-order valence-electron chi connectivity index (χ1n) is 6.27. The molecular weight excluding hydrogens is 232 g/mol. The van der Waals surface area contributed by atoms with Crippen LogP contribution in [0.5, 0.6) is 0 Å². The van der Waals surface area contributed by atoms with Gasteiger partial charge in [0.1, 0.15) is 0 Å². The third-order valence-electron chi connectivity index (χ3n) is 4.12. The molecule has 1 unspecified atom stereocenters. The summed E-state index contributed by atoms with van der Waals surface area (Å²) in [6.45, 7) is 8.83. The number of esters is 2. The van der Waals surface area contributed by atoms with E-state index >= 15 is 0 Å². The van der Waals surface area contributed by atoms with E-state index in [4.69, 9.17) is 9.47 Å². The third kappa shape index (κ3) is 1.51. The largest absolute Gasteiger partial charge is 0.422 e. The van der Waals surface area contributed by atoms with Gasteiger partial charge in [0.05, 0.1) is 0 Å². The molecule has 2 rings (SSSR count). The number of rotatable bonds is 0. The molecule has 0 saturated carbocycles. The van der Waals surface area contributed by atoms with Gasteiger partial charge >= 0.3 is 11.9 Å². The van der Waals surface area contributed by atoms with Crippen LogP contribution in [0.3, 0.4) is 0 Å². The summed E-state index contributed by atoms with van der Waals surface area (Å²) in [5.74, 6) is -2.33. The second kappa shape index (κ2) is 3.59. The van der Waals surface area contributed by atoms with Crippen LogP contribution < -0.4 is 0 Å². The second-order valence-electron chi connectivity index (χ2n) is 6.29. The smallest absolute Gasteiger partial charge is 0.327 e. The summed E-state index contributed by atoms with van der Waals surface area (Å²) in [4.78, 5) is 24.9. The summed E-state index contributed by atoms with van der Waals surface area (Å²) < 4.78 is 10.7. The summed E-state index contributed by atoms with van der Waals surface area (Å²) in [6.07, 6.45) is 4.56. The van der Waals surface area contributed by atoms with E-state index in [1.165, 1.54) is 0 Å². The Morgan fingerprint density at radius 2 is 1.61 bits per heavy atom. The van der Waals surface area contributed by atoms with Crippen LogP contribution in [-0.2, 0) is 19.1 Å². The first kappa shape index (κ1) is 13.1. The van der Waals surface area contributed by atoms with Crippen molar-refractivity contribution in [3.63, 3.8) is 0 Å². The zero-order valence-corrected chi connectivity index (χ0v) is 11.6. The van der Waals surface area contributed by atoms with Crippen LogP contribution in [0.1, 0.15) is 41.0 Å². The van der Waals surface area contributed by atoms with Crippen LogP contribution in [0.25, 0.3) is 0 Å². The van der Waals surface area contributed by atoms with Crippen LogP contribution in [0, 0.1) is 16.7 Å². The van der Waals surface area contributed by atoms with Gasteiger partial charge in [0.25, 0.3) is 5.79 Å². The molecule has 1 aliphatic carbocycles. The Labute approximate surface area is 107 Å². The zero-order valence-electron chi connectivity index (χ0n) is 11.6. The van der Waals surface area contributed by atoms with Gasteiger partial charge in [-0.05, 0) is 11.8 Å². The molecule has 0 radical (unpaired) electrons. The van der Waals surface area contributed by atoms with Crippen molar-refractivity contribution >= 4 is 11.9 Å². The van der Waals surface area contributed by atoms with E-state index in [-0.39, 0.29) is 5.92 Å². The summed E-state index contributed by atoms with van der Waals surface area (Å²) in [5.41, 5.74) is -1.73. The Hall–Kier alpha value is -1.32. The number of carbonyl (C=O) groups is 2. The van der Waals surface area contributed by atoms with Crippen LogP contribution in [0.4, 0.5) is 0 Å². The monoisotopic (exact) mass is 252 g/mol. The maximum absolute atomic E-state index is 12.5. The Balaban J connectivity index is 2.55. The van der Waals surface area contributed by atoms with E-state index in [0.29, 0.717) is 6.42 Å². The minimum atomic E-state index is -1.22. The summed E-state index contributed by atoms with van der Waals surface area (Å²) in [5, 5.41) is 0. The molecule has 0 aromatic carbocycles. The van der Waals surface area contributed by atoms with Crippen molar-refractivity contribution in [2.24, 2.45) is 16.7 Å². The van der Waals surface area contributed by atoms with Crippen molar-refractivity contribution < 1.29 is 19.1 Å². The quantitative estimate of drug-likeness (QED) is 0.377. The van der Waals surface area contributed by atoms with Gasteiger partial charge in [0.15, 0.2) is 5.41 Å². The van der Waals surface area contributed by atoms with Crippen molar-refractivity contribution in [3.8, 4) is 0 Å². The lowest BCUT2D eigenvalue weighted by atomic mass is 9.55. The van der Waals surface area contributed by atoms with Crippen LogP contribution >= 0.6 is 0 Å². The van der Waals surface area contributed by atoms with Gasteiger partial charge in [0.2, 0.25) is 0 Å². The molecule has 0 bridgehead atoms. The Morgan fingerprint density at radius 1 is 1.11 bits per heavy atom. The molecule has 1 spiro atoms. The topological polar surface area (TPSA) is 52.6 Å². The zero-order chi connectivity index (χ0) is 13.8. The number of hydrogen-bond acceptors (Lipinski definition) is 4. The van der Waals surface area contributed by atoms with Gasteiger partial charge < -0.3 is 9.47 Å². The highest BCUT2D eigenvalue weighted by Gasteiger charge is 2.66. The van der Waals surface area contributed by atoms with Gasteiger partial charge in [-0.2, -0.15) is 0 Å². The van der Waals surface area contributed by atoms with Crippen molar-refractivity contribution in [1.82, 2.24) is 0 Å². The van der Waals surface area contributed by atoms with Crippen molar-refractivity contribution in [3.05, 3.63) is 12.2 Å². The first-order valence-corrected chi connectivity index (χ1v) is 6.27. The van der Waals surface area contributed by atoms with Gasteiger partial charge in [-0.1, -0.05) is 32.9 Å². The maximum Gasteiger partial charge on any atom is 0.327 e. The lowest BCUT2D eigenvalue weighted by Gasteiger charge is -2.51.